The summed E-state index contributed by atoms with van der Waals surface area (Å²) in [5.74, 6) is 0.171. The predicted molar refractivity (Wildman–Crippen MR) is 53.0 cm³/mol. The molecule has 1 aliphatic heterocycles. The highest BCUT2D eigenvalue weighted by Crippen LogP contribution is 2.18. The van der Waals surface area contributed by atoms with Gasteiger partial charge in [-0.1, -0.05) is 18.2 Å². The lowest BCUT2D eigenvalue weighted by atomic mass is 10.1. The summed E-state index contributed by atoms with van der Waals surface area (Å²) in [5, 5.41) is 0. The Morgan fingerprint density at radius 3 is 2.43 bits per heavy atom. The number of para-hydroxylation sites is 1. The van der Waals surface area contributed by atoms with Crippen molar-refractivity contribution < 1.29 is 9.59 Å². The number of hydrogen-bond acceptors (Lipinski definition) is 2. The van der Waals surface area contributed by atoms with Crippen LogP contribution in [0, 0.1) is 0 Å². The van der Waals surface area contributed by atoms with Gasteiger partial charge in [-0.25, -0.2) is 0 Å². The van der Waals surface area contributed by atoms with Gasteiger partial charge in [0, 0.05) is 18.5 Å². The average molecular weight is 189 g/mol. The number of carbonyl (C=O) groups is 2. The lowest BCUT2D eigenvalue weighted by Crippen LogP contribution is -2.40. The number of Topliss-reactive ketones (excluding diaryl/α,β-unsaturated/α-hetero) is 1. The van der Waals surface area contributed by atoms with Crippen molar-refractivity contribution in [2.24, 2.45) is 0 Å². The van der Waals surface area contributed by atoms with E-state index in [1.807, 2.05) is 30.3 Å². The van der Waals surface area contributed by atoms with Gasteiger partial charge in [-0.15, -0.1) is 0 Å². The Kier molecular flexibility index (Phi) is 2.31. The van der Waals surface area contributed by atoms with Crippen molar-refractivity contribution in [3.63, 3.8) is 0 Å². The highest BCUT2D eigenvalue weighted by atomic mass is 16.2. The Hall–Kier alpha value is -1.64. The van der Waals surface area contributed by atoms with E-state index in [-0.39, 0.29) is 18.2 Å². The summed E-state index contributed by atoms with van der Waals surface area (Å²) >= 11 is 0. The Morgan fingerprint density at radius 1 is 1.00 bits per heavy atom. The Bertz CT molecular complexity index is 359. The summed E-state index contributed by atoms with van der Waals surface area (Å²) in [5.41, 5.74) is 0.811. The fraction of sp³-hybridized carbons (Fsp3) is 0.273. The zero-order chi connectivity index (χ0) is 9.97. The molecular formula is C11H11NO2. The lowest BCUT2D eigenvalue weighted by molar-refractivity contribution is -0.127. The molecule has 1 aromatic carbocycles. The first kappa shape index (κ1) is 8.94. The molecule has 0 spiro atoms. The number of piperidine rings is 1. The van der Waals surface area contributed by atoms with Gasteiger partial charge in [-0.2, -0.15) is 0 Å². The van der Waals surface area contributed by atoms with Crippen LogP contribution in [-0.2, 0) is 9.59 Å². The van der Waals surface area contributed by atoms with Gasteiger partial charge in [0.05, 0.1) is 6.54 Å². The molecule has 0 unspecified atom stereocenters. The topological polar surface area (TPSA) is 37.4 Å². The number of rotatable bonds is 1. The van der Waals surface area contributed by atoms with E-state index in [9.17, 15) is 9.59 Å². The van der Waals surface area contributed by atoms with Crippen molar-refractivity contribution in [2.45, 2.75) is 12.8 Å². The van der Waals surface area contributed by atoms with Crippen LogP contribution in [0.3, 0.4) is 0 Å². The van der Waals surface area contributed by atoms with Gasteiger partial charge in [-0.05, 0) is 12.1 Å². The lowest BCUT2D eigenvalue weighted by Gasteiger charge is -2.25. The Balaban J connectivity index is 2.24. The van der Waals surface area contributed by atoms with Crippen LogP contribution in [-0.4, -0.2) is 18.2 Å². The van der Waals surface area contributed by atoms with Crippen molar-refractivity contribution in [1.82, 2.24) is 0 Å². The van der Waals surface area contributed by atoms with E-state index < -0.39 is 0 Å². The van der Waals surface area contributed by atoms with Crippen LogP contribution in [0.15, 0.2) is 30.3 Å². The van der Waals surface area contributed by atoms with Crippen molar-refractivity contribution in [1.29, 1.82) is 0 Å². The number of benzene rings is 1. The molecule has 1 saturated heterocycles. The molecule has 1 fully saturated rings. The third-order valence-electron chi connectivity index (χ3n) is 2.32. The standard InChI is InChI=1S/C11H11NO2/c13-10-6-7-11(14)12(8-10)9-4-2-1-3-5-9/h1-5H,6-8H2. The van der Waals surface area contributed by atoms with Gasteiger partial charge in [0.1, 0.15) is 0 Å². The van der Waals surface area contributed by atoms with E-state index in [0.29, 0.717) is 12.8 Å². The highest BCUT2D eigenvalue weighted by Gasteiger charge is 2.24. The van der Waals surface area contributed by atoms with Gasteiger partial charge in [0.2, 0.25) is 5.91 Å². The van der Waals surface area contributed by atoms with E-state index in [4.69, 9.17) is 0 Å². The normalized spacial score (nSPS) is 17.3. The average Bonchev–Trinajstić information content (AvgIpc) is 2.23. The molecule has 72 valence electrons. The second-order valence-corrected chi connectivity index (χ2v) is 3.35. The molecule has 0 bridgehead atoms. The van der Waals surface area contributed by atoms with E-state index >= 15 is 0 Å². The molecule has 1 aromatic rings. The van der Waals surface area contributed by atoms with E-state index in [1.54, 1.807) is 4.90 Å². The van der Waals surface area contributed by atoms with Gasteiger partial charge in [-0.3, -0.25) is 9.59 Å². The van der Waals surface area contributed by atoms with E-state index in [1.165, 1.54) is 0 Å². The molecule has 0 saturated carbocycles. The maximum Gasteiger partial charge on any atom is 0.227 e. The quantitative estimate of drug-likeness (QED) is 0.669. The van der Waals surface area contributed by atoms with Crippen LogP contribution in [0.1, 0.15) is 12.8 Å². The smallest absolute Gasteiger partial charge is 0.227 e. The number of carbonyl (C=O) groups excluding carboxylic acids is 2. The van der Waals surface area contributed by atoms with Gasteiger partial charge >= 0.3 is 0 Å². The minimum atomic E-state index is 0.0378. The fourth-order valence-corrected chi connectivity index (χ4v) is 1.57. The molecule has 0 aliphatic carbocycles. The first-order chi connectivity index (χ1) is 6.77. The monoisotopic (exact) mass is 189 g/mol. The molecule has 2 rings (SSSR count). The highest BCUT2D eigenvalue weighted by molar-refractivity contribution is 6.04. The van der Waals surface area contributed by atoms with Crippen molar-refractivity contribution in [3.05, 3.63) is 30.3 Å². The van der Waals surface area contributed by atoms with Crippen molar-refractivity contribution in [3.8, 4) is 0 Å². The maximum atomic E-state index is 11.5. The zero-order valence-corrected chi connectivity index (χ0v) is 7.77. The minimum Gasteiger partial charge on any atom is -0.305 e. The Morgan fingerprint density at radius 2 is 1.71 bits per heavy atom. The van der Waals surface area contributed by atoms with Gasteiger partial charge in [0.25, 0.3) is 0 Å². The van der Waals surface area contributed by atoms with Crippen LogP contribution >= 0.6 is 0 Å². The molecule has 1 amide bonds. The van der Waals surface area contributed by atoms with Gasteiger partial charge < -0.3 is 4.90 Å². The first-order valence-corrected chi connectivity index (χ1v) is 4.64. The molecule has 1 heterocycles. The van der Waals surface area contributed by atoms with Crippen LogP contribution in [0.4, 0.5) is 5.69 Å². The Labute approximate surface area is 82.3 Å². The molecule has 14 heavy (non-hydrogen) atoms. The van der Waals surface area contributed by atoms with Crippen LogP contribution in [0.5, 0.6) is 0 Å². The van der Waals surface area contributed by atoms with E-state index in [2.05, 4.69) is 0 Å². The third kappa shape index (κ3) is 1.66. The molecule has 0 atom stereocenters. The SMILES string of the molecule is O=C1CCC(=O)N(c2ccccc2)C1. The number of anilines is 1. The summed E-state index contributed by atoms with van der Waals surface area (Å²) < 4.78 is 0. The molecule has 0 N–H and O–H groups in total. The minimum absolute atomic E-state index is 0.0378. The van der Waals surface area contributed by atoms with Crippen molar-refractivity contribution in [2.75, 3.05) is 11.4 Å². The number of amides is 1. The van der Waals surface area contributed by atoms with Crippen LogP contribution < -0.4 is 4.90 Å². The summed E-state index contributed by atoms with van der Waals surface area (Å²) in [7, 11) is 0. The van der Waals surface area contributed by atoms with E-state index in [0.717, 1.165) is 5.69 Å². The summed E-state index contributed by atoms with van der Waals surface area (Å²) in [6, 6.07) is 9.30. The maximum absolute atomic E-state index is 11.5. The number of hydrogen-bond donors (Lipinski definition) is 0. The van der Waals surface area contributed by atoms with Crippen LogP contribution in [0.2, 0.25) is 0 Å². The summed E-state index contributed by atoms with van der Waals surface area (Å²) in [4.78, 5) is 24.3. The van der Waals surface area contributed by atoms with Crippen LogP contribution in [0.25, 0.3) is 0 Å². The fourth-order valence-electron chi connectivity index (χ4n) is 1.57. The first-order valence-electron chi connectivity index (χ1n) is 4.64. The molecule has 0 aromatic heterocycles. The summed E-state index contributed by atoms with van der Waals surface area (Å²) in [6.07, 6.45) is 0.732. The second kappa shape index (κ2) is 3.62. The van der Waals surface area contributed by atoms with Crippen molar-refractivity contribution >= 4 is 17.4 Å². The molecule has 1 aliphatic rings. The second-order valence-electron chi connectivity index (χ2n) is 3.35. The molecule has 0 radical (unpaired) electrons. The molecule has 3 nitrogen and oxygen atoms in total. The number of ketones is 1. The molecular weight excluding hydrogens is 178 g/mol. The largest absolute Gasteiger partial charge is 0.305 e. The summed E-state index contributed by atoms with van der Waals surface area (Å²) in [6.45, 7) is 0.225. The molecule has 3 heteroatoms. The van der Waals surface area contributed by atoms with Gasteiger partial charge in [0.15, 0.2) is 5.78 Å². The predicted octanol–water partition coefficient (Wildman–Crippen LogP) is 1.38. The number of nitrogens with zero attached hydrogens (tertiary/aromatic N) is 1. The zero-order valence-electron chi connectivity index (χ0n) is 7.77. The third-order valence-corrected chi connectivity index (χ3v) is 2.32.